The third kappa shape index (κ3) is 7.04. The molecule has 0 saturated carbocycles. The summed E-state index contributed by atoms with van der Waals surface area (Å²) in [6.45, 7) is 12.0. The van der Waals surface area contributed by atoms with E-state index in [1.807, 2.05) is 18.2 Å². The molecule has 27 heavy (non-hydrogen) atoms. The van der Waals surface area contributed by atoms with Gasteiger partial charge >= 0.3 is 17.1 Å². The van der Waals surface area contributed by atoms with Gasteiger partial charge in [0.2, 0.25) is 0 Å². The molecule has 0 unspecified atom stereocenters. The Labute approximate surface area is 161 Å². The van der Waals surface area contributed by atoms with Crippen LogP contribution in [0.1, 0.15) is 57.8 Å². The van der Waals surface area contributed by atoms with Crippen molar-refractivity contribution < 1.29 is 0 Å². The van der Waals surface area contributed by atoms with Crippen molar-refractivity contribution in [1.82, 2.24) is 13.7 Å². The number of aromatic nitrogens is 3. The first-order valence-electron chi connectivity index (χ1n) is 9.85. The van der Waals surface area contributed by atoms with Crippen LogP contribution in [0.3, 0.4) is 0 Å². The molecule has 6 heteroatoms. The Morgan fingerprint density at radius 3 is 1.00 bits per heavy atom. The summed E-state index contributed by atoms with van der Waals surface area (Å²) in [7, 11) is 0. The molecule has 150 valence electrons. The number of hydrogen-bond donors (Lipinski definition) is 0. The van der Waals surface area contributed by atoms with E-state index in [-0.39, 0.29) is 0 Å². The molecular weight excluding hydrogens is 342 g/mol. The summed E-state index contributed by atoms with van der Waals surface area (Å²) in [6.07, 6.45) is 12.6. The maximum atomic E-state index is 12.7. The Bertz CT molecular complexity index is 648. The van der Waals surface area contributed by atoms with Gasteiger partial charge in [0.15, 0.2) is 0 Å². The van der Waals surface area contributed by atoms with Crippen LogP contribution in [0.15, 0.2) is 52.3 Å². The van der Waals surface area contributed by atoms with Crippen LogP contribution in [-0.4, -0.2) is 13.7 Å². The standard InChI is InChI=1S/C21H33N3O3/c1-4-7-10-13-16-22-19(25)23(17-14-11-8-5-2)21(27)24(20(22)26)18-15-12-9-6-3/h4-6H,1-3,7-18H2. The average Bonchev–Trinajstić information content (AvgIpc) is 2.66. The third-order valence-electron chi connectivity index (χ3n) is 4.51. The Morgan fingerprint density at radius 1 is 0.519 bits per heavy atom. The number of hydrogen-bond acceptors (Lipinski definition) is 3. The van der Waals surface area contributed by atoms with Crippen LogP contribution in [0.5, 0.6) is 0 Å². The summed E-state index contributed by atoms with van der Waals surface area (Å²) in [6, 6.07) is 0. The fourth-order valence-corrected chi connectivity index (χ4v) is 2.93. The fraction of sp³-hybridized carbons (Fsp3) is 0.571. The molecular formula is C21H33N3O3. The van der Waals surface area contributed by atoms with E-state index in [0.717, 1.165) is 38.5 Å². The number of unbranched alkanes of at least 4 members (excludes halogenated alkanes) is 6. The van der Waals surface area contributed by atoms with Crippen molar-refractivity contribution in [3.8, 4) is 0 Å². The fourth-order valence-electron chi connectivity index (χ4n) is 2.93. The summed E-state index contributed by atoms with van der Waals surface area (Å²) < 4.78 is 3.64. The second kappa shape index (κ2) is 12.9. The summed E-state index contributed by atoms with van der Waals surface area (Å²) >= 11 is 0. The topological polar surface area (TPSA) is 66.0 Å². The van der Waals surface area contributed by atoms with Crippen molar-refractivity contribution in [2.45, 2.75) is 77.4 Å². The van der Waals surface area contributed by atoms with Gasteiger partial charge in [0, 0.05) is 19.6 Å². The lowest BCUT2D eigenvalue weighted by Crippen LogP contribution is -2.54. The van der Waals surface area contributed by atoms with E-state index in [4.69, 9.17) is 0 Å². The minimum absolute atomic E-state index is 0.325. The predicted octanol–water partition coefficient (Wildman–Crippen LogP) is 3.24. The van der Waals surface area contributed by atoms with Gasteiger partial charge in [-0.2, -0.15) is 0 Å². The van der Waals surface area contributed by atoms with E-state index in [1.165, 1.54) is 13.7 Å². The quantitative estimate of drug-likeness (QED) is 0.349. The Hall–Kier alpha value is -2.37. The van der Waals surface area contributed by atoms with Gasteiger partial charge in [0.25, 0.3) is 0 Å². The zero-order valence-corrected chi connectivity index (χ0v) is 16.4. The third-order valence-corrected chi connectivity index (χ3v) is 4.51. The lowest BCUT2D eigenvalue weighted by molar-refractivity contribution is 0.419. The van der Waals surface area contributed by atoms with Crippen LogP contribution >= 0.6 is 0 Å². The van der Waals surface area contributed by atoms with Gasteiger partial charge in [-0.3, -0.25) is 0 Å². The summed E-state index contributed by atoms with van der Waals surface area (Å²) in [5.41, 5.74) is -1.49. The van der Waals surface area contributed by atoms with Crippen molar-refractivity contribution >= 4 is 0 Å². The molecule has 1 aromatic heterocycles. The number of rotatable bonds is 15. The highest BCUT2D eigenvalue weighted by molar-refractivity contribution is 4.80. The Balaban J connectivity index is 3.14. The van der Waals surface area contributed by atoms with E-state index in [9.17, 15) is 14.4 Å². The summed E-state index contributed by atoms with van der Waals surface area (Å²) in [5, 5.41) is 0. The molecule has 0 radical (unpaired) electrons. The van der Waals surface area contributed by atoms with Gasteiger partial charge in [-0.05, 0) is 57.8 Å². The first-order valence-corrected chi connectivity index (χ1v) is 9.85. The summed E-state index contributed by atoms with van der Waals surface area (Å²) in [4.78, 5) is 38.2. The van der Waals surface area contributed by atoms with Crippen LogP contribution in [0.4, 0.5) is 0 Å². The maximum Gasteiger partial charge on any atom is 0.336 e. The summed E-state index contributed by atoms with van der Waals surface area (Å²) in [5.74, 6) is 0. The van der Waals surface area contributed by atoms with E-state index in [1.54, 1.807) is 0 Å². The van der Waals surface area contributed by atoms with Crippen molar-refractivity contribution in [1.29, 1.82) is 0 Å². The molecule has 6 nitrogen and oxygen atoms in total. The van der Waals surface area contributed by atoms with E-state index < -0.39 is 17.1 Å². The SMILES string of the molecule is C=CCCCCn1c(=O)n(CCCCC=C)c(=O)n(CCCCC=C)c1=O. The molecule has 0 N–H and O–H groups in total. The molecule has 0 atom stereocenters. The van der Waals surface area contributed by atoms with Crippen molar-refractivity contribution in [2.24, 2.45) is 0 Å². The normalized spacial score (nSPS) is 10.7. The minimum atomic E-state index is -0.496. The molecule has 1 heterocycles. The van der Waals surface area contributed by atoms with Gasteiger partial charge in [-0.25, -0.2) is 28.1 Å². The van der Waals surface area contributed by atoms with Gasteiger partial charge in [-0.15, -0.1) is 19.7 Å². The lowest BCUT2D eigenvalue weighted by atomic mass is 10.2. The van der Waals surface area contributed by atoms with Crippen LogP contribution in [0.2, 0.25) is 0 Å². The Kier molecular flexibility index (Phi) is 10.8. The zero-order chi connectivity index (χ0) is 20.1. The molecule has 0 saturated heterocycles. The van der Waals surface area contributed by atoms with Gasteiger partial charge in [0.1, 0.15) is 0 Å². The first kappa shape index (κ1) is 22.7. The molecule has 0 aliphatic carbocycles. The molecule has 0 aliphatic heterocycles. The smallest absolute Gasteiger partial charge is 0.247 e. The van der Waals surface area contributed by atoms with Gasteiger partial charge in [0.05, 0.1) is 0 Å². The molecule has 0 aromatic carbocycles. The minimum Gasteiger partial charge on any atom is -0.247 e. The zero-order valence-electron chi connectivity index (χ0n) is 16.4. The molecule has 0 amide bonds. The molecule has 0 fully saturated rings. The van der Waals surface area contributed by atoms with E-state index in [2.05, 4.69) is 19.7 Å². The van der Waals surface area contributed by atoms with Crippen molar-refractivity contribution in [2.75, 3.05) is 0 Å². The first-order chi connectivity index (χ1) is 13.1. The average molecular weight is 376 g/mol. The highest BCUT2D eigenvalue weighted by atomic mass is 16.2. The van der Waals surface area contributed by atoms with Crippen molar-refractivity contribution in [3.05, 3.63) is 69.4 Å². The number of nitrogens with zero attached hydrogens (tertiary/aromatic N) is 3. The predicted molar refractivity (Wildman–Crippen MR) is 111 cm³/mol. The molecule has 1 rings (SSSR count). The van der Waals surface area contributed by atoms with E-state index in [0.29, 0.717) is 38.9 Å². The van der Waals surface area contributed by atoms with Crippen molar-refractivity contribution in [3.63, 3.8) is 0 Å². The highest BCUT2D eigenvalue weighted by Gasteiger charge is 2.14. The maximum absolute atomic E-state index is 12.7. The molecule has 1 aromatic rings. The highest BCUT2D eigenvalue weighted by Crippen LogP contribution is 1.99. The lowest BCUT2D eigenvalue weighted by Gasteiger charge is -2.14. The van der Waals surface area contributed by atoms with Gasteiger partial charge in [-0.1, -0.05) is 18.2 Å². The van der Waals surface area contributed by atoms with E-state index >= 15 is 0 Å². The number of allylic oxidation sites excluding steroid dienone is 3. The van der Waals surface area contributed by atoms with Crippen LogP contribution < -0.4 is 17.1 Å². The van der Waals surface area contributed by atoms with Crippen LogP contribution in [0, 0.1) is 0 Å². The monoisotopic (exact) mass is 375 g/mol. The second-order valence-electron chi connectivity index (χ2n) is 6.66. The van der Waals surface area contributed by atoms with Gasteiger partial charge < -0.3 is 0 Å². The second-order valence-corrected chi connectivity index (χ2v) is 6.66. The Morgan fingerprint density at radius 2 is 0.778 bits per heavy atom. The van der Waals surface area contributed by atoms with Crippen LogP contribution in [0.25, 0.3) is 0 Å². The largest absolute Gasteiger partial charge is 0.336 e. The molecule has 0 spiro atoms. The molecule has 0 bridgehead atoms. The van der Waals surface area contributed by atoms with Crippen LogP contribution in [-0.2, 0) is 19.6 Å². The molecule has 0 aliphatic rings.